The molecule has 0 amide bonds. The molecule has 0 aliphatic heterocycles. The van der Waals surface area contributed by atoms with Crippen molar-refractivity contribution < 1.29 is 8.42 Å². The molecule has 0 atom stereocenters. The third kappa shape index (κ3) is 3.03. The van der Waals surface area contributed by atoms with Crippen LogP contribution in [0.2, 0.25) is 0 Å². The van der Waals surface area contributed by atoms with Crippen molar-refractivity contribution in [3.63, 3.8) is 0 Å². The van der Waals surface area contributed by atoms with E-state index in [-0.39, 0.29) is 4.75 Å². The van der Waals surface area contributed by atoms with E-state index in [0.29, 0.717) is 9.79 Å². The first-order valence-corrected chi connectivity index (χ1v) is 9.21. The first-order valence-electron chi connectivity index (χ1n) is 6.08. The van der Waals surface area contributed by atoms with Crippen molar-refractivity contribution >= 4 is 31.5 Å². The summed E-state index contributed by atoms with van der Waals surface area (Å²) in [6, 6.07) is 15.3. The van der Waals surface area contributed by atoms with Crippen LogP contribution in [0.4, 0.5) is 0 Å². The van der Waals surface area contributed by atoms with E-state index in [1.165, 1.54) is 11.0 Å². The fourth-order valence-corrected chi connectivity index (χ4v) is 3.59. The molecule has 0 aromatic heterocycles. The van der Waals surface area contributed by atoms with Crippen LogP contribution in [0, 0.1) is 0 Å². The highest BCUT2D eigenvalue weighted by atomic mass is 35.7. The van der Waals surface area contributed by atoms with E-state index >= 15 is 0 Å². The monoisotopic (exact) mass is 326 g/mol. The average molecular weight is 327 g/mol. The minimum Gasteiger partial charge on any atom is -0.219 e. The van der Waals surface area contributed by atoms with Crippen LogP contribution in [0.1, 0.15) is 19.4 Å². The molecule has 0 aliphatic rings. The summed E-state index contributed by atoms with van der Waals surface area (Å²) in [5.74, 6) is 0. The molecule has 0 saturated heterocycles. The van der Waals surface area contributed by atoms with Gasteiger partial charge in [0.25, 0.3) is 0 Å². The highest BCUT2D eigenvalue weighted by Crippen LogP contribution is 2.38. The van der Waals surface area contributed by atoms with Crippen LogP contribution in [0.3, 0.4) is 0 Å². The Balaban J connectivity index is 2.41. The van der Waals surface area contributed by atoms with Crippen LogP contribution < -0.4 is 0 Å². The summed E-state index contributed by atoms with van der Waals surface area (Å²) in [4.78, 5) is 0.599. The zero-order valence-corrected chi connectivity index (χ0v) is 13.6. The number of benzene rings is 2. The number of hydrogen-bond acceptors (Lipinski definition) is 3. The predicted octanol–water partition coefficient (Wildman–Crippen LogP) is 4.64. The Labute approximate surface area is 128 Å². The van der Waals surface area contributed by atoms with Crippen LogP contribution in [0.5, 0.6) is 0 Å². The van der Waals surface area contributed by atoms with E-state index in [9.17, 15) is 8.42 Å². The zero-order chi connectivity index (χ0) is 14.8. The van der Waals surface area contributed by atoms with Gasteiger partial charge in [-0.25, -0.2) is 8.42 Å². The van der Waals surface area contributed by atoms with Gasteiger partial charge in [0, 0.05) is 0 Å². The SMILES string of the molecule is CC(C)(SCl)c1ccc(S(=O)(=O)c2ccccc2)cc1. The Hall–Kier alpha value is -0.970. The zero-order valence-electron chi connectivity index (χ0n) is 11.2. The lowest BCUT2D eigenvalue weighted by atomic mass is 10.0. The van der Waals surface area contributed by atoms with E-state index in [1.54, 1.807) is 42.5 Å². The Bertz CT molecular complexity index is 678. The molecule has 106 valence electrons. The topological polar surface area (TPSA) is 34.1 Å². The number of rotatable bonds is 4. The molecular formula is C15H15ClO2S2. The lowest BCUT2D eigenvalue weighted by Gasteiger charge is -2.20. The fourth-order valence-electron chi connectivity index (χ4n) is 1.82. The van der Waals surface area contributed by atoms with Gasteiger partial charge in [0.15, 0.2) is 0 Å². The molecule has 0 fully saturated rings. The van der Waals surface area contributed by atoms with E-state index in [2.05, 4.69) is 0 Å². The molecule has 2 nitrogen and oxygen atoms in total. The van der Waals surface area contributed by atoms with Crippen LogP contribution >= 0.6 is 21.7 Å². The molecule has 20 heavy (non-hydrogen) atoms. The standard InChI is InChI=1S/C15H15ClO2S2/c1-15(2,19-16)12-8-10-14(11-9-12)20(17,18)13-6-4-3-5-7-13/h3-11H,1-2H3. The van der Waals surface area contributed by atoms with Crippen LogP contribution in [0.25, 0.3) is 0 Å². The second-order valence-electron chi connectivity index (χ2n) is 4.93. The summed E-state index contributed by atoms with van der Waals surface area (Å²) in [5, 5.41) is 0. The van der Waals surface area contributed by atoms with E-state index in [4.69, 9.17) is 10.7 Å². The minimum atomic E-state index is -3.45. The quantitative estimate of drug-likeness (QED) is 0.820. The number of hydrogen-bond donors (Lipinski definition) is 0. The molecule has 2 aromatic rings. The molecule has 0 saturated carbocycles. The maximum atomic E-state index is 12.4. The molecular weight excluding hydrogens is 312 g/mol. The molecule has 2 aromatic carbocycles. The Morgan fingerprint density at radius 2 is 1.40 bits per heavy atom. The summed E-state index contributed by atoms with van der Waals surface area (Å²) in [6.45, 7) is 3.98. The van der Waals surface area contributed by atoms with Gasteiger partial charge < -0.3 is 0 Å². The predicted molar refractivity (Wildman–Crippen MR) is 84.8 cm³/mol. The van der Waals surface area contributed by atoms with Gasteiger partial charge in [0.2, 0.25) is 9.84 Å². The molecule has 0 heterocycles. The smallest absolute Gasteiger partial charge is 0.206 e. The van der Waals surface area contributed by atoms with Crippen molar-refractivity contribution in [3.05, 3.63) is 60.2 Å². The second kappa shape index (κ2) is 5.80. The average Bonchev–Trinajstić information content (AvgIpc) is 2.48. The Morgan fingerprint density at radius 1 is 0.900 bits per heavy atom. The van der Waals surface area contributed by atoms with Gasteiger partial charge in [-0.15, -0.1) is 0 Å². The van der Waals surface area contributed by atoms with Crippen molar-refractivity contribution in [1.29, 1.82) is 0 Å². The largest absolute Gasteiger partial charge is 0.219 e. The molecule has 0 spiro atoms. The summed E-state index contributed by atoms with van der Waals surface area (Å²) < 4.78 is 24.6. The highest BCUT2D eigenvalue weighted by molar-refractivity contribution is 8.21. The fraction of sp³-hybridized carbons (Fsp3) is 0.200. The molecule has 0 unspecified atom stereocenters. The van der Waals surface area contributed by atoms with Gasteiger partial charge in [0.05, 0.1) is 14.5 Å². The normalized spacial score (nSPS) is 12.3. The molecule has 2 rings (SSSR count). The van der Waals surface area contributed by atoms with Gasteiger partial charge in [0.1, 0.15) is 0 Å². The lowest BCUT2D eigenvalue weighted by molar-refractivity contribution is 0.596. The van der Waals surface area contributed by atoms with Crippen molar-refractivity contribution in [2.45, 2.75) is 28.4 Å². The molecule has 0 bridgehead atoms. The molecule has 5 heteroatoms. The van der Waals surface area contributed by atoms with Crippen molar-refractivity contribution in [2.24, 2.45) is 0 Å². The third-order valence-corrected chi connectivity index (χ3v) is 6.67. The Kier molecular flexibility index (Phi) is 4.47. The summed E-state index contributed by atoms with van der Waals surface area (Å²) in [6.07, 6.45) is 0. The van der Waals surface area contributed by atoms with Crippen LogP contribution in [0.15, 0.2) is 64.4 Å². The lowest BCUT2D eigenvalue weighted by Crippen LogP contribution is -2.10. The summed E-state index contributed by atoms with van der Waals surface area (Å²) >= 11 is 0. The second-order valence-corrected chi connectivity index (χ2v) is 8.52. The number of halogens is 1. The van der Waals surface area contributed by atoms with E-state index in [0.717, 1.165) is 5.56 Å². The van der Waals surface area contributed by atoms with Gasteiger partial charge in [-0.2, -0.15) is 0 Å². The van der Waals surface area contributed by atoms with E-state index < -0.39 is 9.84 Å². The third-order valence-electron chi connectivity index (χ3n) is 3.11. The highest BCUT2D eigenvalue weighted by Gasteiger charge is 2.22. The van der Waals surface area contributed by atoms with Gasteiger partial charge in [-0.1, -0.05) is 30.3 Å². The Morgan fingerprint density at radius 3 is 1.90 bits per heavy atom. The van der Waals surface area contributed by atoms with Crippen molar-refractivity contribution in [1.82, 2.24) is 0 Å². The van der Waals surface area contributed by atoms with Crippen molar-refractivity contribution in [2.75, 3.05) is 0 Å². The first-order chi connectivity index (χ1) is 9.38. The first kappa shape index (κ1) is 15.4. The maximum Gasteiger partial charge on any atom is 0.206 e. The van der Waals surface area contributed by atoms with Crippen molar-refractivity contribution in [3.8, 4) is 0 Å². The van der Waals surface area contributed by atoms with Crippen LogP contribution in [-0.4, -0.2) is 8.42 Å². The molecule has 0 N–H and O–H groups in total. The van der Waals surface area contributed by atoms with Gasteiger partial charge >= 0.3 is 0 Å². The maximum absolute atomic E-state index is 12.4. The molecule has 0 aliphatic carbocycles. The molecule has 0 radical (unpaired) electrons. The summed E-state index contributed by atoms with van der Waals surface area (Å²) in [7, 11) is 3.62. The number of sulfone groups is 1. The van der Waals surface area contributed by atoms with Crippen LogP contribution in [-0.2, 0) is 14.6 Å². The van der Waals surface area contributed by atoms with Gasteiger partial charge in [-0.05, 0) is 65.3 Å². The van der Waals surface area contributed by atoms with E-state index in [1.807, 2.05) is 26.0 Å². The summed E-state index contributed by atoms with van der Waals surface area (Å²) in [5.41, 5.74) is 0.990. The van der Waals surface area contributed by atoms with Gasteiger partial charge in [-0.3, -0.25) is 0 Å². The minimum absolute atomic E-state index is 0.253.